The van der Waals surface area contributed by atoms with Crippen LogP contribution in [0.15, 0.2) is 88.4 Å². The third-order valence-electron chi connectivity index (χ3n) is 5.92. The number of amides is 1. The molecule has 4 rings (SSSR count). The number of rotatable bonds is 8. The SMILES string of the molecule is O=C(/C=C/c1ccc(S(=O)(=O)NCc2ccco2)cc1)N1CCC(Cc2ccccc2)CC1. The summed E-state index contributed by atoms with van der Waals surface area (Å²) in [5.41, 5.74) is 2.12. The minimum absolute atomic E-state index is 0.00928. The highest BCUT2D eigenvalue weighted by Crippen LogP contribution is 2.22. The minimum atomic E-state index is -3.64. The van der Waals surface area contributed by atoms with Gasteiger partial charge in [-0.1, -0.05) is 42.5 Å². The van der Waals surface area contributed by atoms with Crippen LogP contribution in [0, 0.1) is 5.92 Å². The van der Waals surface area contributed by atoms with Crippen LogP contribution in [0.1, 0.15) is 29.7 Å². The first kappa shape index (κ1) is 23.0. The van der Waals surface area contributed by atoms with E-state index < -0.39 is 10.0 Å². The summed E-state index contributed by atoms with van der Waals surface area (Å²) in [4.78, 5) is 14.6. The van der Waals surface area contributed by atoms with E-state index in [9.17, 15) is 13.2 Å². The Morgan fingerprint density at radius 3 is 2.39 bits per heavy atom. The first-order valence-electron chi connectivity index (χ1n) is 11.1. The van der Waals surface area contributed by atoms with Crippen molar-refractivity contribution < 1.29 is 17.6 Å². The quantitative estimate of drug-likeness (QED) is 0.506. The summed E-state index contributed by atoms with van der Waals surface area (Å²) in [6.45, 7) is 1.62. The number of hydrogen-bond donors (Lipinski definition) is 1. The molecule has 172 valence electrons. The molecule has 33 heavy (non-hydrogen) atoms. The normalized spacial score (nSPS) is 15.2. The van der Waals surface area contributed by atoms with Crippen LogP contribution in [-0.2, 0) is 27.8 Å². The third-order valence-corrected chi connectivity index (χ3v) is 7.34. The van der Waals surface area contributed by atoms with Crippen molar-refractivity contribution in [3.8, 4) is 0 Å². The molecule has 7 heteroatoms. The minimum Gasteiger partial charge on any atom is -0.468 e. The molecule has 1 fully saturated rings. The predicted molar refractivity (Wildman–Crippen MR) is 128 cm³/mol. The average Bonchev–Trinajstić information content (AvgIpc) is 3.37. The smallest absolute Gasteiger partial charge is 0.246 e. The zero-order chi connectivity index (χ0) is 23.1. The van der Waals surface area contributed by atoms with Gasteiger partial charge in [0.1, 0.15) is 5.76 Å². The molecule has 0 aliphatic carbocycles. The van der Waals surface area contributed by atoms with Crippen molar-refractivity contribution in [3.63, 3.8) is 0 Å². The van der Waals surface area contributed by atoms with Gasteiger partial charge in [-0.15, -0.1) is 0 Å². The number of carbonyl (C=O) groups excluding carboxylic acids is 1. The summed E-state index contributed by atoms with van der Waals surface area (Å²) in [7, 11) is -3.64. The summed E-state index contributed by atoms with van der Waals surface area (Å²) in [6, 6.07) is 20.3. The van der Waals surface area contributed by atoms with Gasteiger partial charge in [0.15, 0.2) is 0 Å². The lowest BCUT2D eigenvalue weighted by molar-refractivity contribution is -0.127. The molecule has 0 bridgehead atoms. The lowest BCUT2D eigenvalue weighted by Crippen LogP contribution is -2.37. The van der Waals surface area contributed by atoms with Crippen molar-refractivity contribution >= 4 is 22.0 Å². The van der Waals surface area contributed by atoms with Crippen LogP contribution in [0.2, 0.25) is 0 Å². The maximum absolute atomic E-state index is 12.6. The fourth-order valence-electron chi connectivity index (χ4n) is 4.00. The lowest BCUT2D eigenvalue weighted by Gasteiger charge is -2.31. The Hall–Kier alpha value is -3.16. The van der Waals surface area contributed by atoms with Crippen LogP contribution in [0.5, 0.6) is 0 Å². The largest absolute Gasteiger partial charge is 0.468 e. The van der Waals surface area contributed by atoms with Crippen molar-refractivity contribution in [2.24, 2.45) is 5.92 Å². The summed E-state index contributed by atoms with van der Waals surface area (Å²) >= 11 is 0. The Morgan fingerprint density at radius 1 is 1.00 bits per heavy atom. The van der Waals surface area contributed by atoms with Crippen LogP contribution in [-0.4, -0.2) is 32.3 Å². The second-order valence-corrected chi connectivity index (χ2v) is 10.0. The first-order valence-corrected chi connectivity index (χ1v) is 12.6. The number of sulfonamides is 1. The third kappa shape index (κ3) is 6.43. The van der Waals surface area contributed by atoms with Crippen LogP contribution >= 0.6 is 0 Å². The summed E-state index contributed by atoms with van der Waals surface area (Å²) in [5.74, 6) is 1.14. The number of hydrogen-bond acceptors (Lipinski definition) is 4. The van der Waals surface area contributed by atoms with Gasteiger partial charge in [-0.3, -0.25) is 4.79 Å². The highest BCUT2D eigenvalue weighted by atomic mass is 32.2. The molecular weight excluding hydrogens is 436 g/mol. The van der Waals surface area contributed by atoms with E-state index in [1.165, 1.54) is 24.0 Å². The Labute approximate surface area is 195 Å². The molecule has 0 unspecified atom stereocenters. The van der Waals surface area contributed by atoms with Gasteiger partial charge in [0.2, 0.25) is 15.9 Å². The van der Waals surface area contributed by atoms with E-state index in [-0.39, 0.29) is 17.3 Å². The van der Waals surface area contributed by atoms with E-state index in [0.29, 0.717) is 11.7 Å². The number of nitrogens with one attached hydrogen (secondary N) is 1. The van der Waals surface area contributed by atoms with E-state index in [1.807, 2.05) is 11.0 Å². The zero-order valence-electron chi connectivity index (χ0n) is 18.4. The summed E-state index contributed by atoms with van der Waals surface area (Å²) < 4.78 is 32.5. The second kappa shape index (κ2) is 10.6. The van der Waals surface area contributed by atoms with Crippen molar-refractivity contribution in [2.75, 3.05) is 13.1 Å². The molecule has 6 nitrogen and oxygen atoms in total. The molecule has 0 saturated carbocycles. The standard InChI is InChI=1S/C26H28N2O4S/c29-26(28-16-14-23(15-17-28)19-22-5-2-1-3-6-22)13-10-21-8-11-25(12-9-21)33(30,31)27-20-24-7-4-18-32-24/h1-13,18,23,27H,14-17,19-20H2/b13-10+. The molecule has 1 amide bonds. The second-order valence-electron chi connectivity index (χ2n) is 8.26. The molecule has 1 N–H and O–H groups in total. The van der Waals surface area contributed by atoms with Gasteiger partial charge in [0.25, 0.3) is 0 Å². The lowest BCUT2D eigenvalue weighted by atomic mass is 9.90. The number of furan rings is 1. The fraction of sp³-hybridized carbons (Fsp3) is 0.269. The molecular formula is C26H28N2O4S. The van der Waals surface area contributed by atoms with E-state index in [0.717, 1.165) is 37.9 Å². The Morgan fingerprint density at radius 2 is 1.73 bits per heavy atom. The molecule has 0 atom stereocenters. The number of likely N-dealkylation sites (tertiary alicyclic amines) is 1. The van der Waals surface area contributed by atoms with E-state index in [1.54, 1.807) is 36.4 Å². The Bertz CT molecular complexity index is 1160. The topological polar surface area (TPSA) is 79.6 Å². The molecule has 3 aromatic rings. The number of benzene rings is 2. The zero-order valence-corrected chi connectivity index (χ0v) is 19.2. The van der Waals surface area contributed by atoms with Crippen LogP contribution in [0.3, 0.4) is 0 Å². The monoisotopic (exact) mass is 464 g/mol. The van der Waals surface area contributed by atoms with Gasteiger partial charge >= 0.3 is 0 Å². The molecule has 0 spiro atoms. The van der Waals surface area contributed by atoms with Crippen molar-refractivity contribution in [3.05, 3.63) is 96.0 Å². The summed E-state index contributed by atoms with van der Waals surface area (Å²) in [6.07, 6.45) is 7.86. The van der Waals surface area contributed by atoms with Gasteiger partial charge in [-0.25, -0.2) is 13.1 Å². The molecule has 0 radical (unpaired) electrons. The molecule has 2 aromatic carbocycles. The highest BCUT2D eigenvalue weighted by Gasteiger charge is 2.21. The van der Waals surface area contributed by atoms with Crippen LogP contribution in [0.4, 0.5) is 0 Å². The fourth-order valence-corrected chi connectivity index (χ4v) is 4.99. The molecule has 2 heterocycles. The molecule has 1 saturated heterocycles. The van der Waals surface area contributed by atoms with Gasteiger partial charge < -0.3 is 9.32 Å². The maximum Gasteiger partial charge on any atom is 0.246 e. The van der Waals surface area contributed by atoms with Gasteiger partial charge in [-0.2, -0.15) is 0 Å². The average molecular weight is 465 g/mol. The van der Waals surface area contributed by atoms with Crippen molar-refractivity contribution in [2.45, 2.75) is 30.7 Å². The first-order chi connectivity index (χ1) is 16.0. The van der Waals surface area contributed by atoms with Crippen molar-refractivity contribution in [1.29, 1.82) is 0 Å². The van der Waals surface area contributed by atoms with Crippen molar-refractivity contribution in [1.82, 2.24) is 9.62 Å². The highest BCUT2D eigenvalue weighted by molar-refractivity contribution is 7.89. The van der Waals surface area contributed by atoms with Gasteiger partial charge in [0, 0.05) is 19.2 Å². The van der Waals surface area contributed by atoms with E-state index in [2.05, 4.69) is 29.0 Å². The Kier molecular flexibility index (Phi) is 7.42. The number of nitrogens with zero attached hydrogens (tertiary/aromatic N) is 1. The van der Waals surface area contributed by atoms with Gasteiger partial charge in [-0.05, 0) is 66.6 Å². The van der Waals surface area contributed by atoms with E-state index >= 15 is 0 Å². The van der Waals surface area contributed by atoms with E-state index in [4.69, 9.17) is 4.42 Å². The van der Waals surface area contributed by atoms with Crippen LogP contribution < -0.4 is 4.72 Å². The van der Waals surface area contributed by atoms with Gasteiger partial charge in [0.05, 0.1) is 17.7 Å². The molecule has 1 aliphatic heterocycles. The number of carbonyl (C=O) groups is 1. The Balaban J connectivity index is 1.27. The summed E-state index contributed by atoms with van der Waals surface area (Å²) in [5, 5.41) is 0. The predicted octanol–water partition coefficient (Wildman–Crippen LogP) is 4.25. The number of piperidine rings is 1. The van der Waals surface area contributed by atoms with Crippen LogP contribution in [0.25, 0.3) is 6.08 Å². The molecule has 1 aromatic heterocycles. The molecule has 1 aliphatic rings. The maximum atomic E-state index is 12.6.